The van der Waals surface area contributed by atoms with Crippen LogP contribution in [0.3, 0.4) is 0 Å². The van der Waals surface area contributed by atoms with Crippen molar-refractivity contribution in [2.45, 2.75) is 65.2 Å². The fourth-order valence-electron chi connectivity index (χ4n) is 2.17. The number of nitrogens with two attached hydrogens (primary N) is 1. The molecular formula is C19H31N3O4. The molecule has 26 heavy (non-hydrogen) atoms. The third-order valence-electron chi connectivity index (χ3n) is 3.05. The lowest BCUT2D eigenvalue weighted by atomic mass is 10.1. The maximum absolute atomic E-state index is 12.1. The van der Waals surface area contributed by atoms with Gasteiger partial charge in [-0.2, -0.15) is 0 Å². The summed E-state index contributed by atoms with van der Waals surface area (Å²) in [6.07, 6.45) is -0.599. The van der Waals surface area contributed by atoms with Crippen molar-refractivity contribution in [1.82, 2.24) is 10.6 Å². The molecule has 0 heterocycles. The Morgan fingerprint density at radius 3 is 2.15 bits per heavy atom. The van der Waals surface area contributed by atoms with Gasteiger partial charge in [0.05, 0.1) is 6.04 Å². The molecule has 0 saturated carbocycles. The van der Waals surface area contributed by atoms with Crippen LogP contribution in [0.15, 0.2) is 24.3 Å². The minimum atomic E-state index is -0.607. The SMILES string of the molecule is CC(C)(C)OC(=O)NCC(Cc1cccc(N)c1)NC(=O)OC(C)(C)C. The maximum atomic E-state index is 12.1. The fraction of sp³-hybridized carbons (Fsp3) is 0.579. The molecule has 0 aliphatic rings. The van der Waals surface area contributed by atoms with Gasteiger partial charge in [-0.15, -0.1) is 0 Å². The zero-order chi connectivity index (χ0) is 20.0. The number of benzene rings is 1. The number of amides is 2. The van der Waals surface area contributed by atoms with E-state index in [0.29, 0.717) is 12.1 Å². The molecule has 0 bridgehead atoms. The van der Waals surface area contributed by atoms with Crippen LogP contribution < -0.4 is 16.4 Å². The van der Waals surface area contributed by atoms with Gasteiger partial charge in [-0.25, -0.2) is 9.59 Å². The first-order chi connectivity index (χ1) is 11.8. The van der Waals surface area contributed by atoms with Gasteiger partial charge in [0.2, 0.25) is 0 Å². The van der Waals surface area contributed by atoms with Crippen LogP contribution in [0.1, 0.15) is 47.1 Å². The van der Waals surface area contributed by atoms with E-state index in [-0.39, 0.29) is 12.6 Å². The summed E-state index contributed by atoms with van der Waals surface area (Å²) in [5.41, 5.74) is 6.19. The quantitative estimate of drug-likeness (QED) is 0.695. The molecule has 146 valence electrons. The van der Waals surface area contributed by atoms with Crippen molar-refractivity contribution in [3.8, 4) is 0 Å². The Bertz CT molecular complexity index is 618. The molecule has 4 N–H and O–H groups in total. The van der Waals surface area contributed by atoms with Crippen molar-refractivity contribution >= 4 is 17.9 Å². The number of anilines is 1. The molecule has 1 aromatic rings. The Morgan fingerprint density at radius 2 is 1.62 bits per heavy atom. The van der Waals surface area contributed by atoms with Gasteiger partial charge in [-0.1, -0.05) is 12.1 Å². The highest BCUT2D eigenvalue weighted by Gasteiger charge is 2.22. The lowest BCUT2D eigenvalue weighted by Crippen LogP contribution is -2.47. The average Bonchev–Trinajstić information content (AvgIpc) is 2.40. The Balaban J connectivity index is 2.74. The van der Waals surface area contributed by atoms with Crippen LogP contribution in [0.5, 0.6) is 0 Å². The number of nitrogens with one attached hydrogen (secondary N) is 2. The molecule has 0 aliphatic heterocycles. The maximum Gasteiger partial charge on any atom is 0.407 e. The Hall–Kier alpha value is -2.44. The summed E-state index contributed by atoms with van der Waals surface area (Å²) in [6, 6.07) is 7.00. The highest BCUT2D eigenvalue weighted by Crippen LogP contribution is 2.11. The monoisotopic (exact) mass is 365 g/mol. The van der Waals surface area contributed by atoms with Crippen LogP contribution in [0.2, 0.25) is 0 Å². The number of hydrogen-bond donors (Lipinski definition) is 3. The summed E-state index contributed by atoms with van der Waals surface area (Å²) >= 11 is 0. The molecule has 0 aliphatic carbocycles. The average molecular weight is 365 g/mol. The van der Waals surface area contributed by atoms with E-state index >= 15 is 0 Å². The van der Waals surface area contributed by atoms with Crippen molar-refractivity contribution < 1.29 is 19.1 Å². The first-order valence-corrected chi connectivity index (χ1v) is 8.65. The molecule has 0 fully saturated rings. The standard InChI is InChI=1S/C19H31N3O4/c1-18(2,3)25-16(23)21-12-15(22-17(24)26-19(4,5)6)11-13-8-7-9-14(20)10-13/h7-10,15H,11-12,20H2,1-6H3,(H,21,23)(H,22,24). The van der Waals surface area contributed by atoms with Gasteiger partial charge in [-0.3, -0.25) is 0 Å². The predicted octanol–water partition coefficient (Wildman–Crippen LogP) is 3.23. The number of ether oxygens (including phenoxy) is 2. The first kappa shape index (κ1) is 21.6. The van der Waals surface area contributed by atoms with E-state index in [1.54, 1.807) is 47.6 Å². The van der Waals surface area contributed by atoms with Crippen molar-refractivity contribution in [2.24, 2.45) is 0 Å². The molecule has 0 saturated heterocycles. The van der Waals surface area contributed by atoms with E-state index < -0.39 is 23.4 Å². The van der Waals surface area contributed by atoms with Crippen LogP contribution in [-0.2, 0) is 15.9 Å². The molecular weight excluding hydrogens is 334 g/mol. The molecule has 7 nitrogen and oxygen atoms in total. The van der Waals surface area contributed by atoms with Gasteiger partial charge in [-0.05, 0) is 65.7 Å². The van der Waals surface area contributed by atoms with E-state index in [9.17, 15) is 9.59 Å². The zero-order valence-corrected chi connectivity index (χ0v) is 16.5. The second-order valence-corrected chi connectivity index (χ2v) is 8.18. The van der Waals surface area contributed by atoms with Crippen LogP contribution in [0.4, 0.5) is 15.3 Å². The lowest BCUT2D eigenvalue weighted by Gasteiger charge is -2.25. The van der Waals surface area contributed by atoms with E-state index in [4.69, 9.17) is 15.2 Å². The molecule has 1 unspecified atom stereocenters. The topological polar surface area (TPSA) is 103 Å². The van der Waals surface area contributed by atoms with E-state index in [1.165, 1.54) is 0 Å². The molecule has 1 aromatic carbocycles. The summed E-state index contributed by atoms with van der Waals surface area (Å²) in [7, 11) is 0. The smallest absolute Gasteiger partial charge is 0.407 e. The molecule has 1 rings (SSSR count). The summed E-state index contributed by atoms with van der Waals surface area (Å²) in [5, 5.41) is 5.47. The Morgan fingerprint density at radius 1 is 1.04 bits per heavy atom. The minimum Gasteiger partial charge on any atom is -0.444 e. The minimum absolute atomic E-state index is 0.197. The first-order valence-electron chi connectivity index (χ1n) is 8.65. The molecule has 2 amide bonds. The van der Waals surface area contributed by atoms with Gasteiger partial charge in [0, 0.05) is 12.2 Å². The normalized spacial score (nSPS) is 12.8. The highest BCUT2D eigenvalue weighted by molar-refractivity contribution is 5.69. The summed E-state index contributed by atoms with van der Waals surface area (Å²) in [4.78, 5) is 24.0. The van der Waals surface area contributed by atoms with Gasteiger partial charge in [0.1, 0.15) is 11.2 Å². The van der Waals surface area contributed by atoms with Crippen LogP contribution in [0, 0.1) is 0 Å². The van der Waals surface area contributed by atoms with Gasteiger partial charge in [0.25, 0.3) is 0 Å². The van der Waals surface area contributed by atoms with Crippen LogP contribution in [-0.4, -0.2) is 36.0 Å². The molecule has 0 spiro atoms. The van der Waals surface area contributed by atoms with Gasteiger partial charge >= 0.3 is 12.2 Å². The third-order valence-corrected chi connectivity index (χ3v) is 3.05. The summed E-state index contributed by atoms with van der Waals surface area (Å²) in [5.74, 6) is 0. The van der Waals surface area contributed by atoms with Crippen LogP contribution >= 0.6 is 0 Å². The van der Waals surface area contributed by atoms with Crippen LogP contribution in [0.25, 0.3) is 0 Å². The van der Waals surface area contributed by atoms with E-state index in [2.05, 4.69) is 10.6 Å². The second-order valence-electron chi connectivity index (χ2n) is 8.18. The molecule has 0 radical (unpaired) electrons. The lowest BCUT2D eigenvalue weighted by molar-refractivity contribution is 0.0463. The van der Waals surface area contributed by atoms with E-state index in [1.807, 2.05) is 18.2 Å². The van der Waals surface area contributed by atoms with Crippen molar-refractivity contribution in [3.63, 3.8) is 0 Å². The van der Waals surface area contributed by atoms with Crippen molar-refractivity contribution in [1.29, 1.82) is 0 Å². The number of hydrogen-bond acceptors (Lipinski definition) is 5. The van der Waals surface area contributed by atoms with Crippen molar-refractivity contribution in [2.75, 3.05) is 12.3 Å². The highest BCUT2D eigenvalue weighted by atomic mass is 16.6. The second kappa shape index (κ2) is 8.78. The van der Waals surface area contributed by atoms with E-state index in [0.717, 1.165) is 5.56 Å². The summed E-state index contributed by atoms with van der Waals surface area (Å²) in [6.45, 7) is 10.9. The number of carbonyl (C=O) groups excluding carboxylic acids is 2. The summed E-state index contributed by atoms with van der Waals surface area (Å²) < 4.78 is 10.5. The van der Waals surface area contributed by atoms with Gasteiger partial charge < -0.3 is 25.8 Å². The number of rotatable bonds is 5. The fourth-order valence-corrected chi connectivity index (χ4v) is 2.17. The van der Waals surface area contributed by atoms with Gasteiger partial charge in [0.15, 0.2) is 0 Å². The predicted molar refractivity (Wildman–Crippen MR) is 102 cm³/mol. The number of nitrogen functional groups attached to an aromatic ring is 1. The largest absolute Gasteiger partial charge is 0.444 e. The van der Waals surface area contributed by atoms with Crippen molar-refractivity contribution in [3.05, 3.63) is 29.8 Å². The zero-order valence-electron chi connectivity index (χ0n) is 16.5. The number of alkyl carbamates (subject to hydrolysis) is 2. The Labute approximate surface area is 155 Å². The molecule has 7 heteroatoms. The molecule has 0 aromatic heterocycles. The number of carbonyl (C=O) groups is 2. The molecule has 1 atom stereocenters. The Kier molecular flexibility index (Phi) is 7.29. The third kappa shape index (κ3) is 9.76.